The molecule has 0 radical (unpaired) electrons. The summed E-state index contributed by atoms with van der Waals surface area (Å²) in [6.45, 7) is 3.54. The third-order valence-corrected chi connectivity index (χ3v) is 5.76. The molecular weight excluding hydrogens is 372 g/mol. The number of carbonyl (C=O) groups excluding carboxylic acids is 3. The normalized spacial score (nSPS) is 20.8. The highest BCUT2D eigenvalue weighted by molar-refractivity contribution is 5.83. The van der Waals surface area contributed by atoms with Crippen LogP contribution in [0.5, 0.6) is 0 Å². The van der Waals surface area contributed by atoms with Gasteiger partial charge in [-0.2, -0.15) is 0 Å². The van der Waals surface area contributed by atoms with Crippen LogP contribution in [-0.2, 0) is 16.1 Å². The quantitative estimate of drug-likeness (QED) is 0.622. The third-order valence-electron chi connectivity index (χ3n) is 5.76. The molecule has 0 unspecified atom stereocenters. The Morgan fingerprint density at radius 1 is 1.14 bits per heavy atom. The largest absolute Gasteiger partial charge is 0.352 e. The topological polar surface area (TPSA) is 121 Å². The van der Waals surface area contributed by atoms with E-state index in [-0.39, 0.29) is 24.3 Å². The SMILES string of the molecule is NC(=O)NCC(=O)N1CCC(N2CCC[C@@H](C(=O)NCc3cccnc3)C2)CC1. The maximum Gasteiger partial charge on any atom is 0.312 e. The minimum Gasteiger partial charge on any atom is -0.352 e. The summed E-state index contributed by atoms with van der Waals surface area (Å²) in [7, 11) is 0. The molecule has 158 valence electrons. The average molecular weight is 402 g/mol. The number of nitrogens with one attached hydrogen (secondary N) is 2. The molecule has 1 aromatic rings. The first-order valence-corrected chi connectivity index (χ1v) is 10.2. The molecule has 0 aliphatic carbocycles. The number of aromatic nitrogens is 1. The molecule has 2 fully saturated rings. The van der Waals surface area contributed by atoms with Crippen molar-refractivity contribution in [3.63, 3.8) is 0 Å². The fourth-order valence-corrected chi connectivity index (χ4v) is 4.14. The molecule has 2 aliphatic rings. The number of likely N-dealkylation sites (tertiary alicyclic amines) is 2. The summed E-state index contributed by atoms with van der Waals surface area (Å²) in [5, 5.41) is 5.38. The van der Waals surface area contributed by atoms with E-state index >= 15 is 0 Å². The minimum atomic E-state index is -0.686. The summed E-state index contributed by atoms with van der Waals surface area (Å²) in [5.74, 6) is -0.00269. The Hall–Kier alpha value is -2.68. The Labute approximate surface area is 171 Å². The summed E-state index contributed by atoms with van der Waals surface area (Å²) in [6.07, 6.45) is 7.16. The molecule has 1 atom stereocenters. The summed E-state index contributed by atoms with van der Waals surface area (Å²) in [5.41, 5.74) is 6.02. The van der Waals surface area contributed by atoms with E-state index in [1.54, 1.807) is 17.3 Å². The maximum atomic E-state index is 12.6. The molecule has 2 saturated heterocycles. The number of piperidine rings is 2. The van der Waals surface area contributed by atoms with Crippen molar-refractivity contribution < 1.29 is 14.4 Å². The van der Waals surface area contributed by atoms with Crippen LogP contribution in [0.4, 0.5) is 4.79 Å². The maximum absolute atomic E-state index is 12.6. The lowest BCUT2D eigenvalue weighted by Gasteiger charge is -2.42. The van der Waals surface area contributed by atoms with E-state index in [1.807, 2.05) is 12.1 Å². The van der Waals surface area contributed by atoms with Crippen molar-refractivity contribution in [3.8, 4) is 0 Å². The van der Waals surface area contributed by atoms with Gasteiger partial charge < -0.3 is 21.3 Å². The first-order valence-electron chi connectivity index (χ1n) is 10.2. The molecule has 0 aromatic carbocycles. The van der Waals surface area contributed by atoms with E-state index in [4.69, 9.17) is 5.73 Å². The van der Waals surface area contributed by atoms with E-state index in [9.17, 15) is 14.4 Å². The molecule has 3 heterocycles. The molecule has 4 amide bonds. The molecule has 3 rings (SSSR count). The predicted octanol–water partition coefficient (Wildman–Crippen LogP) is 0.0691. The van der Waals surface area contributed by atoms with Crippen LogP contribution in [-0.4, -0.2) is 71.4 Å². The van der Waals surface area contributed by atoms with Crippen molar-refractivity contribution in [2.45, 2.75) is 38.3 Å². The molecular formula is C20H30N6O3. The number of urea groups is 1. The van der Waals surface area contributed by atoms with E-state index in [0.29, 0.717) is 25.7 Å². The first kappa shape index (κ1) is 21.0. The molecule has 9 heteroatoms. The van der Waals surface area contributed by atoms with Crippen LogP contribution in [0.25, 0.3) is 0 Å². The van der Waals surface area contributed by atoms with Crippen LogP contribution < -0.4 is 16.4 Å². The zero-order valence-electron chi connectivity index (χ0n) is 16.7. The smallest absolute Gasteiger partial charge is 0.312 e. The van der Waals surface area contributed by atoms with Crippen LogP contribution >= 0.6 is 0 Å². The van der Waals surface area contributed by atoms with Gasteiger partial charge in [-0.25, -0.2) is 4.79 Å². The number of hydrogen-bond acceptors (Lipinski definition) is 5. The molecule has 9 nitrogen and oxygen atoms in total. The molecule has 2 aliphatic heterocycles. The number of hydrogen-bond donors (Lipinski definition) is 3. The van der Waals surface area contributed by atoms with Crippen molar-refractivity contribution in [2.24, 2.45) is 11.7 Å². The van der Waals surface area contributed by atoms with Crippen LogP contribution in [0.3, 0.4) is 0 Å². The van der Waals surface area contributed by atoms with Gasteiger partial charge in [0, 0.05) is 44.6 Å². The Morgan fingerprint density at radius 2 is 1.93 bits per heavy atom. The van der Waals surface area contributed by atoms with Crippen molar-refractivity contribution in [1.29, 1.82) is 0 Å². The van der Waals surface area contributed by atoms with Gasteiger partial charge in [0.05, 0.1) is 12.5 Å². The molecule has 1 aromatic heterocycles. The monoisotopic (exact) mass is 402 g/mol. The molecule has 4 N–H and O–H groups in total. The fraction of sp³-hybridized carbons (Fsp3) is 0.600. The summed E-state index contributed by atoms with van der Waals surface area (Å²) in [6, 6.07) is 3.52. The number of primary amides is 1. The second-order valence-corrected chi connectivity index (χ2v) is 7.74. The Morgan fingerprint density at radius 3 is 2.62 bits per heavy atom. The lowest BCUT2D eigenvalue weighted by molar-refractivity contribution is -0.131. The van der Waals surface area contributed by atoms with Crippen LogP contribution in [0.2, 0.25) is 0 Å². The molecule has 29 heavy (non-hydrogen) atoms. The van der Waals surface area contributed by atoms with Crippen LogP contribution in [0.1, 0.15) is 31.2 Å². The van der Waals surface area contributed by atoms with Gasteiger partial charge in [0.2, 0.25) is 11.8 Å². The van der Waals surface area contributed by atoms with Crippen molar-refractivity contribution in [3.05, 3.63) is 30.1 Å². The fourth-order valence-electron chi connectivity index (χ4n) is 4.14. The number of rotatable bonds is 6. The Balaban J connectivity index is 1.43. The Bertz CT molecular complexity index is 705. The van der Waals surface area contributed by atoms with Crippen molar-refractivity contribution >= 4 is 17.8 Å². The number of nitrogens with zero attached hydrogens (tertiary/aromatic N) is 3. The summed E-state index contributed by atoms with van der Waals surface area (Å²) >= 11 is 0. The van der Waals surface area contributed by atoms with Gasteiger partial charge in [-0.05, 0) is 43.9 Å². The standard InChI is InChI=1S/C20H30N6O3/c21-20(29)24-13-18(27)25-9-5-17(6-10-25)26-8-2-4-16(14-26)19(28)23-12-15-3-1-7-22-11-15/h1,3,7,11,16-17H,2,4-6,8-10,12-14H2,(H,23,28)(H3,21,24,29)/t16-/m1/s1. The highest BCUT2D eigenvalue weighted by Gasteiger charge is 2.32. The zero-order chi connectivity index (χ0) is 20.6. The van der Waals surface area contributed by atoms with E-state index in [1.165, 1.54) is 0 Å². The highest BCUT2D eigenvalue weighted by Crippen LogP contribution is 2.24. The number of amides is 4. The van der Waals surface area contributed by atoms with Gasteiger partial charge in [-0.15, -0.1) is 0 Å². The van der Waals surface area contributed by atoms with Crippen LogP contribution in [0, 0.1) is 5.92 Å². The van der Waals surface area contributed by atoms with E-state index in [2.05, 4.69) is 20.5 Å². The first-order chi connectivity index (χ1) is 14.0. The van der Waals surface area contributed by atoms with Gasteiger partial charge in [0.15, 0.2) is 0 Å². The second-order valence-electron chi connectivity index (χ2n) is 7.74. The van der Waals surface area contributed by atoms with E-state index in [0.717, 1.165) is 44.3 Å². The van der Waals surface area contributed by atoms with E-state index < -0.39 is 6.03 Å². The Kier molecular flexibility index (Phi) is 7.40. The average Bonchev–Trinajstić information content (AvgIpc) is 2.76. The predicted molar refractivity (Wildman–Crippen MR) is 108 cm³/mol. The lowest BCUT2D eigenvalue weighted by atomic mass is 9.93. The summed E-state index contributed by atoms with van der Waals surface area (Å²) < 4.78 is 0. The number of pyridine rings is 1. The third kappa shape index (κ3) is 6.15. The molecule has 0 saturated carbocycles. The van der Waals surface area contributed by atoms with Gasteiger partial charge in [0.25, 0.3) is 0 Å². The minimum absolute atomic E-state index is 0.000139. The summed E-state index contributed by atoms with van der Waals surface area (Å²) in [4.78, 5) is 43.7. The van der Waals surface area contributed by atoms with Gasteiger partial charge in [-0.3, -0.25) is 19.5 Å². The molecule has 0 spiro atoms. The van der Waals surface area contributed by atoms with Gasteiger partial charge in [0.1, 0.15) is 0 Å². The van der Waals surface area contributed by atoms with Crippen molar-refractivity contribution in [2.75, 3.05) is 32.7 Å². The van der Waals surface area contributed by atoms with Crippen molar-refractivity contribution in [1.82, 2.24) is 25.4 Å². The molecule has 0 bridgehead atoms. The number of nitrogens with two attached hydrogens (primary N) is 1. The van der Waals surface area contributed by atoms with Crippen LogP contribution in [0.15, 0.2) is 24.5 Å². The van der Waals surface area contributed by atoms with Gasteiger partial charge in [-0.1, -0.05) is 6.07 Å². The van der Waals surface area contributed by atoms with Gasteiger partial charge >= 0.3 is 6.03 Å². The lowest BCUT2D eigenvalue weighted by Crippen LogP contribution is -2.52. The highest BCUT2D eigenvalue weighted by atomic mass is 16.2. The zero-order valence-corrected chi connectivity index (χ0v) is 16.7. The second kappa shape index (κ2) is 10.2. The number of carbonyl (C=O) groups is 3.